The molecule has 1 rings (SSSR count). The van der Waals surface area contributed by atoms with Crippen molar-refractivity contribution in [3.05, 3.63) is 18.0 Å². The third-order valence-corrected chi connectivity index (χ3v) is 4.34. The van der Waals surface area contributed by atoms with E-state index in [1.807, 2.05) is 27.7 Å². The number of aromatic nitrogens is 1. The molecule has 1 atom stereocenters. The Kier molecular flexibility index (Phi) is 6.19. The lowest BCUT2D eigenvalue weighted by molar-refractivity contribution is 0.0799. The van der Waals surface area contributed by atoms with Crippen LogP contribution < -0.4 is 4.72 Å². The molecule has 0 saturated carbocycles. The summed E-state index contributed by atoms with van der Waals surface area (Å²) in [5.41, 5.74) is 0.582. The topological polar surface area (TPSA) is 80.6 Å². The average Bonchev–Trinajstić information content (AvgIpc) is 2.82. The van der Waals surface area contributed by atoms with E-state index in [-0.39, 0.29) is 30.2 Å². The van der Waals surface area contributed by atoms with E-state index in [0.717, 1.165) is 0 Å². The fourth-order valence-electron chi connectivity index (χ4n) is 1.90. The summed E-state index contributed by atoms with van der Waals surface area (Å²) in [5.74, 6) is 0. The van der Waals surface area contributed by atoms with Crippen LogP contribution in [0, 0.1) is 0 Å². The second kappa shape index (κ2) is 7.21. The SMILES string of the molecule is CCOC(C)CNS(=O)(=O)c1cc(CO)n(C(C)C)c1. The van der Waals surface area contributed by atoms with Crippen LogP contribution in [0.15, 0.2) is 17.2 Å². The molecule has 0 aliphatic rings. The molecular formula is C13H24N2O4S. The summed E-state index contributed by atoms with van der Waals surface area (Å²) in [7, 11) is -3.58. The van der Waals surface area contributed by atoms with Gasteiger partial charge in [-0.3, -0.25) is 0 Å². The number of hydrogen-bond acceptors (Lipinski definition) is 4. The van der Waals surface area contributed by atoms with Crippen molar-refractivity contribution in [2.45, 2.75) is 51.3 Å². The molecule has 7 heteroatoms. The van der Waals surface area contributed by atoms with Crippen molar-refractivity contribution in [1.29, 1.82) is 0 Å². The molecule has 0 saturated heterocycles. The summed E-state index contributed by atoms with van der Waals surface area (Å²) >= 11 is 0. The van der Waals surface area contributed by atoms with Gasteiger partial charge in [0.2, 0.25) is 10.0 Å². The fraction of sp³-hybridized carbons (Fsp3) is 0.692. The monoisotopic (exact) mass is 304 g/mol. The molecule has 0 spiro atoms. The number of nitrogens with one attached hydrogen (secondary N) is 1. The summed E-state index contributed by atoms with van der Waals surface area (Å²) in [5, 5.41) is 9.28. The molecule has 116 valence electrons. The van der Waals surface area contributed by atoms with Gasteiger partial charge in [0.15, 0.2) is 0 Å². The molecule has 1 aromatic rings. The predicted molar refractivity (Wildman–Crippen MR) is 77.0 cm³/mol. The lowest BCUT2D eigenvalue weighted by Gasteiger charge is -2.12. The first-order valence-electron chi connectivity index (χ1n) is 6.74. The molecule has 0 amide bonds. The first-order valence-corrected chi connectivity index (χ1v) is 8.23. The zero-order valence-electron chi connectivity index (χ0n) is 12.5. The molecule has 0 aromatic carbocycles. The minimum Gasteiger partial charge on any atom is -0.390 e. The predicted octanol–water partition coefficient (Wildman–Crippen LogP) is 1.26. The van der Waals surface area contributed by atoms with Crippen molar-refractivity contribution in [1.82, 2.24) is 9.29 Å². The molecule has 0 aliphatic carbocycles. The standard InChI is InChI=1S/C13H24N2O4S/c1-5-19-11(4)7-14-20(17,18)13-6-12(9-16)15(8-13)10(2)3/h6,8,10-11,14,16H,5,7,9H2,1-4H3. The van der Waals surface area contributed by atoms with Gasteiger partial charge >= 0.3 is 0 Å². The highest BCUT2D eigenvalue weighted by Gasteiger charge is 2.19. The molecule has 20 heavy (non-hydrogen) atoms. The number of hydrogen-bond donors (Lipinski definition) is 2. The molecule has 0 aliphatic heterocycles. The number of ether oxygens (including phenoxy) is 1. The highest BCUT2D eigenvalue weighted by Crippen LogP contribution is 2.18. The Hall–Kier alpha value is -0.890. The Balaban J connectivity index is 2.87. The van der Waals surface area contributed by atoms with Crippen LogP contribution in [0.5, 0.6) is 0 Å². The highest BCUT2D eigenvalue weighted by atomic mass is 32.2. The van der Waals surface area contributed by atoms with Crippen LogP contribution in [0.25, 0.3) is 0 Å². The van der Waals surface area contributed by atoms with E-state index in [2.05, 4.69) is 4.72 Å². The number of sulfonamides is 1. The normalized spacial score (nSPS) is 13.9. The smallest absolute Gasteiger partial charge is 0.242 e. The molecule has 6 nitrogen and oxygen atoms in total. The maximum Gasteiger partial charge on any atom is 0.242 e. The molecular weight excluding hydrogens is 280 g/mol. The van der Waals surface area contributed by atoms with Crippen LogP contribution >= 0.6 is 0 Å². The first kappa shape index (κ1) is 17.2. The van der Waals surface area contributed by atoms with Gasteiger partial charge in [0.25, 0.3) is 0 Å². The van der Waals surface area contributed by atoms with E-state index < -0.39 is 10.0 Å². The first-order chi connectivity index (χ1) is 9.31. The summed E-state index contributed by atoms with van der Waals surface area (Å²) in [6.07, 6.45) is 1.36. The third-order valence-electron chi connectivity index (χ3n) is 2.95. The summed E-state index contributed by atoms with van der Waals surface area (Å²) < 4.78 is 33.9. The van der Waals surface area contributed by atoms with Gasteiger partial charge in [0.05, 0.1) is 17.6 Å². The van der Waals surface area contributed by atoms with Crippen LogP contribution in [0.3, 0.4) is 0 Å². The van der Waals surface area contributed by atoms with Crippen LogP contribution in [-0.4, -0.2) is 37.3 Å². The van der Waals surface area contributed by atoms with E-state index in [0.29, 0.717) is 12.3 Å². The van der Waals surface area contributed by atoms with Gasteiger partial charge in [-0.05, 0) is 33.8 Å². The minimum absolute atomic E-state index is 0.0865. The molecule has 1 heterocycles. The molecule has 1 unspecified atom stereocenters. The summed E-state index contributed by atoms with van der Waals surface area (Å²) in [6.45, 7) is 8.11. The number of aliphatic hydroxyl groups excluding tert-OH is 1. The Morgan fingerprint density at radius 3 is 2.50 bits per heavy atom. The molecule has 2 N–H and O–H groups in total. The molecule has 0 fully saturated rings. The fourth-order valence-corrected chi connectivity index (χ4v) is 3.07. The second-order valence-electron chi connectivity index (χ2n) is 4.94. The highest BCUT2D eigenvalue weighted by molar-refractivity contribution is 7.89. The van der Waals surface area contributed by atoms with Crippen molar-refractivity contribution in [2.75, 3.05) is 13.2 Å². The Morgan fingerprint density at radius 1 is 1.40 bits per heavy atom. The third kappa shape index (κ3) is 4.31. The van der Waals surface area contributed by atoms with Gasteiger partial charge in [-0.1, -0.05) is 0 Å². The molecule has 0 radical (unpaired) electrons. The van der Waals surface area contributed by atoms with Crippen LogP contribution in [0.1, 0.15) is 39.4 Å². The van der Waals surface area contributed by atoms with E-state index in [1.165, 1.54) is 6.07 Å². The minimum atomic E-state index is -3.58. The number of nitrogens with zero attached hydrogens (tertiary/aromatic N) is 1. The zero-order valence-corrected chi connectivity index (χ0v) is 13.3. The maximum atomic E-state index is 12.2. The van der Waals surface area contributed by atoms with Crippen molar-refractivity contribution in [3.8, 4) is 0 Å². The largest absolute Gasteiger partial charge is 0.390 e. The summed E-state index contributed by atoms with van der Waals surface area (Å²) in [4.78, 5) is 0.166. The Bertz CT molecular complexity index is 522. The van der Waals surface area contributed by atoms with Crippen molar-refractivity contribution < 1.29 is 18.3 Å². The van der Waals surface area contributed by atoms with Gasteiger partial charge in [-0.15, -0.1) is 0 Å². The number of aliphatic hydroxyl groups is 1. The average molecular weight is 304 g/mol. The van der Waals surface area contributed by atoms with E-state index in [1.54, 1.807) is 10.8 Å². The lowest BCUT2D eigenvalue weighted by Crippen LogP contribution is -2.32. The van der Waals surface area contributed by atoms with Gasteiger partial charge in [-0.25, -0.2) is 13.1 Å². The van der Waals surface area contributed by atoms with Gasteiger partial charge in [-0.2, -0.15) is 0 Å². The van der Waals surface area contributed by atoms with Crippen LogP contribution in [0.2, 0.25) is 0 Å². The zero-order chi connectivity index (χ0) is 15.3. The Morgan fingerprint density at radius 2 is 2.05 bits per heavy atom. The van der Waals surface area contributed by atoms with E-state index >= 15 is 0 Å². The molecule has 1 aromatic heterocycles. The van der Waals surface area contributed by atoms with E-state index in [9.17, 15) is 13.5 Å². The summed E-state index contributed by atoms with van der Waals surface area (Å²) in [6, 6.07) is 1.58. The van der Waals surface area contributed by atoms with Gasteiger partial charge < -0.3 is 14.4 Å². The van der Waals surface area contributed by atoms with E-state index in [4.69, 9.17) is 4.74 Å². The Labute approximate surface area is 120 Å². The van der Waals surface area contributed by atoms with Gasteiger partial charge in [0.1, 0.15) is 0 Å². The number of rotatable bonds is 8. The quantitative estimate of drug-likeness (QED) is 0.758. The molecule has 0 bridgehead atoms. The van der Waals surface area contributed by atoms with Gasteiger partial charge in [0, 0.05) is 31.1 Å². The van der Waals surface area contributed by atoms with Crippen molar-refractivity contribution in [3.63, 3.8) is 0 Å². The second-order valence-corrected chi connectivity index (χ2v) is 6.71. The lowest BCUT2D eigenvalue weighted by atomic mass is 10.3. The van der Waals surface area contributed by atoms with Crippen molar-refractivity contribution in [2.24, 2.45) is 0 Å². The maximum absolute atomic E-state index is 12.2. The van der Waals surface area contributed by atoms with Crippen molar-refractivity contribution >= 4 is 10.0 Å². The van der Waals surface area contributed by atoms with Crippen LogP contribution in [-0.2, 0) is 21.4 Å². The van der Waals surface area contributed by atoms with Crippen LogP contribution in [0.4, 0.5) is 0 Å².